The second-order valence-corrected chi connectivity index (χ2v) is 7.02. The molecule has 0 saturated carbocycles. The van der Waals surface area contributed by atoms with Crippen LogP contribution >= 0.6 is 0 Å². The number of halogens is 3. The Balaban J connectivity index is 1.80. The first-order valence-corrected chi connectivity index (χ1v) is 9.32. The second kappa shape index (κ2) is 7.79. The summed E-state index contributed by atoms with van der Waals surface area (Å²) in [6, 6.07) is 12.4. The molecule has 1 aliphatic heterocycles. The van der Waals surface area contributed by atoms with Gasteiger partial charge >= 0.3 is 6.18 Å². The molecular weight excluding hydrogens is 379 g/mol. The van der Waals surface area contributed by atoms with Crippen molar-refractivity contribution in [1.82, 2.24) is 19.9 Å². The molecule has 29 heavy (non-hydrogen) atoms. The number of aromatic nitrogens is 3. The second-order valence-electron chi connectivity index (χ2n) is 7.02. The lowest BCUT2D eigenvalue weighted by molar-refractivity contribution is -0.137. The number of alkyl halides is 3. The summed E-state index contributed by atoms with van der Waals surface area (Å²) in [4.78, 5) is 17.9. The Morgan fingerprint density at radius 2 is 1.66 bits per heavy atom. The van der Waals surface area contributed by atoms with E-state index in [1.54, 1.807) is 30.5 Å². The summed E-state index contributed by atoms with van der Waals surface area (Å²) in [5, 5.41) is 0. The van der Waals surface area contributed by atoms with E-state index in [-0.39, 0.29) is 0 Å². The van der Waals surface area contributed by atoms with Gasteiger partial charge in [-0.05, 0) is 31.3 Å². The number of pyridine rings is 1. The molecule has 1 aromatic carbocycles. The van der Waals surface area contributed by atoms with E-state index in [2.05, 4.69) is 31.8 Å². The molecule has 0 aliphatic carbocycles. The van der Waals surface area contributed by atoms with Crippen LogP contribution in [0.4, 0.5) is 19.0 Å². The smallest absolute Gasteiger partial charge is 0.354 e. The summed E-state index contributed by atoms with van der Waals surface area (Å²) in [5.74, 6) is 1.09. The molecule has 150 valence electrons. The summed E-state index contributed by atoms with van der Waals surface area (Å²) < 4.78 is 39.5. The highest BCUT2D eigenvalue weighted by Gasteiger charge is 2.30. The number of hydrogen-bond acceptors (Lipinski definition) is 5. The average molecular weight is 399 g/mol. The maximum absolute atomic E-state index is 13.2. The third kappa shape index (κ3) is 4.37. The van der Waals surface area contributed by atoms with Crippen LogP contribution in [0.2, 0.25) is 0 Å². The molecule has 5 nitrogen and oxygen atoms in total. The summed E-state index contributed by atoms with van der Waals surface area (Å²) in [6.07, 6.45) is -2.77. The number of piperazine rings is 1. The predicted octanol–water partition coefficient (Wildman–Crippen LogP) is 3.98. The number of rotatable bonds is 3. The predicted molar refractivity (Wildman–Crippen MR) is 105 cm³/mol. The fourth-order valence-corrected chi connectivity index (χ4v) is 3.24. The van der Waals surface area contributed by atoms with Gasteiger partial charge in [0, 0.05) is 44.0 Å². The van der Waals surface area contributed by atoms with Gasteiger partial charge < -0.3 is 9.80 Å². The van der Waals surface area contributed by atoms with Crippen LogP contribution in [0.3, 0.4) is 0 Å². The van der Waals surface area contributed by atoms with Crippen molar-refractivity contribution in [3.8, 4) is 22.8 Å². The highest BCUT2D eigenvalue weighted by Crippen LogP contribution is 2.33. The van der Waals surface area contributed by atoms with Gasteiger partial charge in [-0.3, -0.25) is 4.98 Å². The maximum Gasteiger partial charge on any atom is 0.416 e. The van der Waals surface area contributed by atoms with E-state index in [1.165, 1.54) is 6.07 Å². The lowest BCUT2D eigenvalue weighted by Gasteiger charge is -2.33. The quantitative estimate of drug-likeness (QED) is 0.667. The Labute approximate surface area is 166 Å². The minimum atomic E-state index is -4.41. The van der Waals surface area contributed by atoms with Crippen LogP contribution in [0.1, 0.15) is 5.56 Å². The van der Waals surface area contributed by atoms with Crippen LogP contribution in [-0.4, -0.2) is 53.1 Å². The van der Waals surface area contributed by atoms with E-state index in [9.17, 15) is 13.2 Å². The molecule has 3 aromatic rings. The Hall–Kier alpha value is -3.00. The number of nitrogens with zero attached hydrogens (tertiary/aromatic N) is 5. The van der Waals surface area contributed by atoms with Crippen molar-refractivity contribution in [2.75, 3.05) is 38.1 Å². The van der Waals surface area contributed by atoms with Gasteiger partial charge in [-0.25, -0.2) is 9.97 Å². The first-order valence-electron chi connectivity index (χ1n) is 9.32. The molecule has 0 atom stereocenters. The third-order valence-corrected chi connectivity index (χ3v) is 4.92. The number of benzene rings is 1. The molecule has 0 spiro atoms. The first kappa shape index (κ1) is 19.3. The molecule has 0 amide bonds. The van der Waals surface area contributed by atoms with Crippen LogP contribution in [-0.2, 0) is 6.18 Å². The third-order valence-electron chi connectivity index (χ3n) is 4.92. The summed E-state index contributed by atoms with van der Waals surface area (Å²) in [5.41, 5.74) is 0.723. The highest BCUT2D eigenvalue weighted by atomic mass is 19.4. The lowest BCUT2D eigenvalue weighted by Crippen LogP contribution is -2.44. The average Bonchev–Trinajstić information content (AvgIpc) is 2.74. The maximum atomic E-state index is 13.2. The molecule has 1 aliphatic rings. The standard InChI is InChI=1S/C21H20F3N5/c1-28-9-11-29(12-10-28)19-14-18(15-5-4-6-16(13-15)21(22,23)24)26-20(27-19)17-7-2-3-8-25-17/h2-8,13-14H,9-12H2,1H3. The van der Waals surface area contributed by atoms with Crippen molar-refractivity contribution in [2.24, 2.45) is 0 Å². The first-order chi connectivity index (χ1) is 13.9. The zero-order valence-electron chi connectivity index (χ0n) is 15.9. The zero-order chi connectivity index (χ0) is 20.4. The van der Waals surface area contributed by atoms with Crippen molar-refractivity contribution < 1.29 is 13.2 Å². The Bertz CT molecular complexity index is 983. The van der Waals surface area contributed by atoms with Crippen molar-refractivity contribution >= 4 is 5.82 Å². The molecule has 0 unspecified atom stereocenters. The monoisotopic (exact) mass is 399 g/mol. The molecule has 4 rings (SSSR count). The largest absolute Gasteiger partial charge is 0.416 e. The van der Waals surface area contributed by atoms with Gasteiger partial charge in [0.15, 0.2) is 5.82 Å². The van der Waals surface area contributed by atoms with Gasteiger partial charge in [-0.2, -0.15) is 13.2 Å². The number of hydrogen-bond donors (Lipinski definition) is 0. The Morgan fingerprint density at radius 3 is 2.34 bits per heavy atom. The van der Waals surface area contributed by atoms with Crippen LogP contribution < -0.4 is 4.90 Å². The zero-order valence-corrected chi connectivity index (χ0v) is 15.9. The van der Waals surface area contributed by atoms with Crippen LogP contribution in [0.15, 0.2) is 54.7 Å². The van der Waals surface area contributed by atoms with E-state index >= 15 is 0 Å². The fourth-order valence-electron chi connectivity index (χ4n) is 3.24. The normalized spacial score (nSPS) is 15.5. The van der Waals surface area contributed by atoms with Gasteiger partial charge in [0.2, 0.25) is 0 Å². The SMILES string of the molecule is CN1CCN(c2cc(-c3cccc(C(F)(F)F)c3)nc(-c3ccccn3)n2)CC1. The number of likely N-dealkylation sites (N-methyl/N-ethyl adjacent to an activating group) is 1. The van der Waals surface area contributed by atoms with Crippen LogP contribution in [0, 0.1) is 0 Å². The van der Waals surface area contributed by atoms with Crippen molar-refractivity contribution in [1.29, 1.82) is 0 Å². The molecule has 3 heterocycles. The van der Waals surface area contributed by atoms with E-state index in [0.717, 1.165) is 38.3 Å². The van der Waals surface area contributed by atoms with Gasteiger partial charge in [-0.1, -0.05) is 18.2 Å². The Morgan fingerprint density at radius 1 is 0.862 bits per heavy atom. The minimum absolute atomic E-state index is 0.398. The van der Waals surface area contributed by atoms with Gasteiger partial charge in [0.1, 0.15) is 11.5 Å². The van der Waals surface area contributed by atoms with Crippen LogP contribution in [0.25, 0.3) is 22.8 Å². The van der Waals surface area contributed by atoms with E-state index in [1.807, 2.05) is 6.07 Å². The molecule has 0 N–H and O–H groups in total. The molecule has 1 saturated heterocycles. The molecule has 1 fully saturated rings. The summed E-state index contributed by atoms with van der Waals surface area (Å²) >= 11 is 0. The molecule has 2 aromatic heterocycles. The van der Waals surface area contributed by atoms with Crippen molar-refractivity contribution in [3.63, 3.8) is 0 Å². The Kier molecular flexibility index (Phi) is 5.19. The highest BCUT2D eigenvalue weighted by molar-refractivity contribution is 5.67. The van der Waals surface area contributed by atoms with Gasteiger partial charge in [0.25, 0.3) is 0 Å². The number of anilines is 1. The van der Waals surface area contributed by atoms with E-state index in [4.69, 9.17) is 0 Å². The summed E-state index contributed by atoms with van der Waals surface area (Å²) in [6.45, 7) is 3.36. The minimum Gasteiger partial charge on any atom is -0.354 e. The van der Waals surface area contributed by atoms with Crippen LogP contribution in [0.5, 0.6) is 0 Å². The van der Waals surface area contributed by atoms with E-state index in [0.29, 0.717) is 28.6 Å². The van der Waals surface area contributed by atoms with Gasteiger partial charge in [-0.15, -0.1) is 0 Å². The summed E-state index contributed by atoms with van der Waals surface area (Å²) in [7, 11) is 2.06. The van der Waals surface area contributed by atoms with Gasteiger partial charge in [0.05, 0.1) is 11.3 Å². The topological polar surface area (TPSA) is 45.2 Å². The fraction of sp³-hybridized carbons (Fsp3) is 0.286. The molecule has 0 radical (unpaired) electrons. The molecule has 0 bridgehead atoms. The lowest BCUT2D eigenvalue weighted by atomic mass is 10.1. The molecular formula is C21H20F3N5. The van der Waals surface area contributed by atoms with Crippen molar-refractivity contribution in [2.45, 2.75) is 6.18 Å². The van der Waals surface area contributed by atoms with Crippen molar-refractivity contribution in [3.05, 3.63) is 60.3 Å². The van der Waals surface area contributed by atoms with E-state index < -0.39 is 11.7 Å². The molecule has 8 heteroatoms.